The standard InChI is InChI=1S/C12H17NO8/c14-7(15)5-3-1-2-4-6-8(16)21-13-11(19)9(17)10(18)12(13)20/h9-10,17-18H,1-6H2,(H,14,15). The molecule has 9 nitrogen and oxygen atoms in total. The minimum Gasteiger partial charge on any atom is -0.481 e. The molecule has 1 saturated heterocycles. The normalized spacial score (nSPS) is 21.7. The molecule has 2 atom stereocenters. The smallest absolute Gasteiger partial charge is 0.333 e. The molecule has 3 N–H and O–H groups in total. The highest BCUT2D eigenvalue weighted by atomic mass is 16.7. The molecule has 0 aromatic rings. The number of hydrogen-bond donors (Lipinski definition) is 3. The number of carboxylic acid groups (broad SMARTS) is 1. The van der Waals surface area contributed by atoms with Gasteiger partial charge in [0, 0.05) is 12.8 Å². The van der Waals surface area contributed by atoms with Crippen LogP contribution in [0.1, 0.15) is 38.5 Å². The number of aliphatic hydroxyl groups is 2. The summed E-state index contributed by atoms with van der Waals surface area (Å²) in [6, 6.07) is 0. The summed E-state index contributed by atoms with van der Waals surface area (Å²) in [4.78, 5) is 48.8. The maximum absolute atomic E-state index is 11.4. The molecule has 0 aromatic carbocycles. The third-order valence-electron chi connectivity index (χ3n) is 2.92. The molecule has 21 heavy (non-hydrogen) atoms. The molecule has 9 heteroatoms. The van der Waals surface area contributed by atoms with Gasteiger partial charge in [-0.05, 0) is 12.8 Å². The van der Waals surface area contributed by atoms with Gasteiger partial charge in [0.25, 0.3) is 11.8 Å². The summed E-state index contributed by atoms with van der Waals surface area (Å²) < 4.78 is 0. The van der Waals surface area contributed by atoms with Gasteiger partial charge < -0.3 is 20.2 Å². The molecule has 1 fully saturated rings. The number of carbonyl (C=O) groups excluding carboxylic acids is 3. The van der Waals surface area contributed by atoms with Crippen molar-refractivity contribution in [2.24, 2.45) is 0 Å². The van der Waals surface area contributed by atoms with Crippen LogP contribution in [0.15, 0.2) is 0 Å². The van der Waals surface area contributed by atoms with Crippen molar-refractivity contribution in [3.8, 4) is 0 Å². The number of imide groups is 1. The molecule has 1 aliphatic heterocycles. The number of carbonyl (C=O) groups is 4. The van der Waals surface area contributed by atoms with Crippen molar-refractivity contribution in [1.29, 1.82) is 0 Å². The summed E-state index contributed by atoms with van der Waals surface area (Å²) in [6.45, 7) is 0. The van der Waals surface area contributed by atoms with E-state index < -0.39 is 36.0 Å². The van der Waals surface area contributed by atoms with Gasteiger partial charge in [0.2, 0.25) is 0 Å². The number of carboxylic acids is 1. The first-order valence-electron chi connectivity index (χ1n) is 6.51. The van der Waals surface area contributed by atoms with E-state index in [1.807, 2.05) is 0 Å². The van der Waals surface area contributed by atoms with Crippen LogP contribution in [0.4, 0.5) is 0 Å². The summed E-state index contributed by atoms with van der Waals surface area (Å²) in [7, 11) is 0. The van der Waals surface area contributed by atoms with Crippen molar-refractivity contribution >= 4 is 23.8 Å². The summed E-state index contributed by atoms with van der Waals surface area (Å²) in [5, 5.41) is 26.8. The van der Waals surface area contributed by atoms with Crippen LogP contribution in [0.5, 0.6) is 0 Å². The molecule has 0 radical (unpaired) electrons. The zero-order chi connectivity index (χ0) is 16.0. The Bertz CT molecular complexity index is 415. The lowest BCUT2D eigenvalue weighted by molar-refractivity contribution is -0.199. The third kappa shape index (κ3) is 4.80. The molecule has 0 saturated carbocycles. The maximum Gasteiger partial charge on any atom is 0.333 e. The van der Waals surface area contributed by atoms with Gasteiger partial charge >= 0.3 is 11.9 Å². The molecule has 0 spiro atoms. The fourth-order valence-electron chi connectivity index (χ4n) is 1.76. The Morgan fingerprint density at radius 2 is 1.43 bits per heavy atom. The zero-order valence-corrected chi connectivity index (χ0v) is 11.2. The van der Waals surface area contributed by atoms with E-state index in [-0.39, 0.29) is 17.9 Å². The fraction of sp³-hybridized carbons (Fsp3) is 0.667. The number of rotatable bonds is 8. The predicted molar refractivity (Wildman–Crippen MR) is 65.3 cm³/mol. The van der Waals surface area contributed by atoms with Gasteiger partial charge in [-0.25, -0.2) is 4.79 Å². The lowest BCUT2D eigenvalue weighted by atomic mass is 10.1. The topological polar surface area (TPSA) is 141 Å². The minimum absolute atomic E-state index is 0.0592. The second-order valence-electron chi connectivity index (χ2n) is 4.63. The first-order chi connectivity index (χ1) is 9.84. The molecule has 2 amide bonds. The number of aliphatic hydroxyl groups excluding tert-OH is 2. The molecule has 1 heterocycles. The second kappa shape index (κ2) is 7.70. The van der Waals surface area contributed by atoms with Crippen LogP contribution in [-0.4, -0.2) is 56.3 Å². The van der Waals surface area contributed by atoms with Crippen LogP contribution in [0, 0.1) is 0 Å². The van der Waals surface area contributed by atoms with Gasteiger partial charge in [-0.15, -0.1) is 0 Å². The molecule has 2 unspecified atom stereocenters. The van der Waals surface area contributed by atoms with Crippen molar-refractivity contribution in [2.45, 2.75) is 50.7 Å². The average Bonchev–Trinajstić information content (AvgIpc) is 2.60. The Hall–Kier alpha value is -2.00. The summed E-state index contributed by atoms with van der Waals surface area (Å²) in [6.07, 6.45) is -1.66. The summed E-state index contributed by atoms with van der Waals surface area (Å²) in [5.74, 6) is -4.07. The molecule has 0 aromatic heterocycles. The molecular weight excluding hydrogens is 286 g/mol. The highest BCUT2D eigenvalue weighted by Gasteiger charge is 2.48. The molecule has 118 valence electrons. The number of hydroxylamine groups is 2. The monoisotopic (exact) mass is 303 g/mol. The lowest BCUT2D eigenvalue weighted by Gasteiger charge is -2.12. The Balaban J connectivity index is 2.24. The van der Waals surface area contributed by atoms with Crippen LogP contribution >= 0.6 is 0 Å². The van der Waals surface area contributed by atoms with Crippen LogP contribution < -0.4 is 0 Å². The number of aliphatic carboxylic acids is 1. The van der Waals surface area contributed by atoms with Gasteiger partial charge in [-0.2, -0.15) is 0 Å². The lowest BCUT2D eigenvalue weighted by Crippen LogP contribution is -2.34. The Labute approximate surface area is 120 Å². The Morgan fingerprint density at radius 1 is 0.952 bits per heavy atom. The maximum atomic E-state index is 11.4. The summed E-state index contributed by atoms with van der Waals surface area (Å²) >= 11 is 0. The summed E-state index contributed by atoms with van der Waals surface area (Å²) in [5.41, 5.74) is 0. The second-order valence-corrected chi connectivity index (χ2v) is 4.63. The van der Waals surface area contributed by atoms with Crippen molar-refractivity contribution in [2.75, 3.05) is 0 Å². The van der Waals surface area contributed by atoms with E-state index in [4.69, 9.17) is 15.3 Å². The van der Waals surface area contributed by atoms with Crippen LogP contribution in [0.2, 0.25) is 0 Å². The number of unbranched alkanes of at least 4 members (excludes halogenated alkanes) is 3. The number of hydrogen-bond acceptors (Lipinski definition) is 7. The molecule has 0 bridgehead atoms. The third-order valence-corrected chi connectivity index (χ3v) is 2.92. The van der Waals surface area contributed by atoms with Gasteiger partial charge in [0.05, 0.1) is 0 Å². The quantitative estimate of drug-likeness (QED) is 0.381. The largest absolute Gasteiger partial charge is 0.481 e. The molecular formula is C12H17NO8. The zero-order valence-electron chi connectivity index (χ0n) is 11.2. The fourth-order valence-corrected chi connectivity index (χ4v) is 1.76. The van der Waals surface area contributed by atoms with Crippen molar-refractivity contribution in [1.82, 2.24) is 5.06 Å². The predicted octanol–water partition coefficient (Wildman–Crippen LogP) is -1.04. The van der Waals surface area contributed by atoms with E-state index in [0.717, 1.165) is 0 Å². The van der Waals surface area contributed by atoms with Gasteiger partial charge in [0.15, 0.2) is 12.2 Å². The first-order valence-corrected chi connectivity index (χ1v) is 6.51. The van der Waals surface area contributed by atoms with E-state index in [0.29, 0.717) is 25.7 Å². The average molecular weight is 303 g/mol. The van der Waals surface area contributed by atoms with Crippen LogP contribution in [0.3, 0.4) is 0 Å². The Kier molecular flexibility index (Phi) is 6.25. The van der Waals surface area contributed by atoms with Gasteiger partial charge in [-0.1, -0.05) is 17.9 Å². The van der Waals surface area contributed by atoms with Crippen molar-refractivity contribution < 1.29 is 39.3 Å². The number of amides is 2. The van der Waals surface area contributed by atoms with Gasteiger partial charge in [0.1, 0.15) is 0 Å². The van der Waals surface area contributed by atoms with E-state index >= 15 is 0 Å². The minimum atomic E-state index is -1.92. The molecule has 1 rings (SSSR count). The van der Waals surface area contributed by atoms with E-state index in [1.54, 1.807) is 0 Å². The van der Waals surface area contributed by atoms with E-state index in [1.165, 1.54) is 0 Å². The first kappa shape index (κ1) is 17.1. The van der Waals surface area contributed by atoms with Crippen molar-refractivity contribution in [3.63, 3.8) is 0 Å². The highest BCUT2D eigenvalue weighted by molar-refractivity contribution is 6.07. The van der Waals surface area contributed by atoms with Crippen molar-refractivity contribution in [3.05, 3.63) is 0 Å². The van der Waals surface area contributed by atoms with E-state index in [2.05, 4.69) is 4.84 Å². The molecule has 0 aliphatic carbocycles. The van der Waals surface area contributed by atoms with Gasteiger partial charge in [-0.3, -0.25) is 14.4 Å². The highest BCUT2D eigenvalue weighted by Crippen LogP contribution is 2.15. The van der Waals surface area contributed by atoms with E-state index in [9.17, 15) is 19.2 Å². The van der Waals surface area contributed by atoms with Crippen LogP contribution in [0.25, 0.3) is 0 Å². The SMILES string of the molecule is O=C(O)CCCCCCC(=O)ON1C(=O)C(O)C(O)C1=O. The molecule has 1 aliphatic rings. The Morgan fingerprint density at radius 3 is 1.90 bits per heavy atom. The number of nitrogens with zero attached hydrogens (tertiary/aromatic N) is 1. The van der Waals surface area contributed by atoms with Crippen LogP contribution in [-0.2, 0) is 24.0 Å².